The lowest BCUT2D eigenvalue weighted by atomic mass is 10.1. The van der Waals surface area contributed by atoms with Crippen LogP contribution in [-0.4, -0.2) is 47.8 Å². The van der Waals surface area contributed by atoms with Crippen LogP contribution >= 0.6 is 0 Å². The minimum Gasteiger partial charge on any atom is -0.361 e. The van der Waals surface area contributed by atoms with Crippen LogP contribution in [0.4, 0.5) is 0 Å². The summed E-state index contributed by atoms with van der Waals surface area (Å²) in [5, 5.41) is 4.84. The molecule has 2 N–H and O–H groups in total. The third kappa shape index (κ3) is 2.61. The Bertz CT molecular complexity index is 595. The summed E-state index contributed by atoms with van der Waals surface area (Å²) < 4.78 is 0. The molecule has 2 rings (SSSR count). The minimum absolute atomic E-state index is 0.411. The maximum atomic E-state index is 12.3. The van der Waals surface area contributed by atoms with Crippen molar-refractivity contribution in [2.75, 3.05) is 26.2 Å². The molecule has 0 unspecified atom stereocenters. The van der Waals surface area contributed by atoms with Gasteiger partial charge in [-0.05, 0) is 13.8 Å². The van der Waals surface area contributed by atoms with Gasteiger partial charge < -0.3 is 15.2 Å². The van der Waals surface area contributed by atoms with Gasteiger partial charge in [-0.1, -0.05) is 12.2 Å². The summed E-state index contributed by atoms with van der Waals surface area (Å²) >= 11 is 0. The molecule has 0 aromatic carbocycles. The molecule has 0 atom stereocenters. The average Bonchev–Trinajstić information content (AvgIpc) is 2.89. The van der Waals surface area contributed by atoms with Crippen LogP contribution in [-0.2, 0) is 4.79 Å². The van der Waals surface area contributed by atoms with Gasteiger partial charge in [-0.3, -0.25) is 9.59 Å². The van der Waals surface area contributed by atoms with E-state index in [4.69, 9.17) is 0 Å². The number of carbonyl (C=O) groups excluding carboxylic acids is 2. The standard InChI is InChI=1S/C14H19N3O2/c1-3-10-11(9-16-12(10)4-2)13(18)14(19)17-7-5-15-6-8-17/h3-4,9,15-16H,5-8H2,1-2H3/b10-3-,12-4+. The van der Waals surface area contributed by atoms with E-state index >= 15 is 0 Å². The number of ketones is 1. The monoisotopic (exact) mass is 261 g/mol. The second kappa shape index (κ2) is 5.84. The second-order valence-corrected chi connectivity index (χ2v) is 4.48. The van der Waals surface area contributed by atoms with E-state index in [1.54, 1.807) is 11.1 Å². The van der Waals surface area contributed by atoms with E-state index in [1.165, 1.54) is 0 Å². The fourth-order valence-corrected chi connectivity index (χ4v) is 2.31. The minimum atomic E-state index is -0.431. The Morgan fingerprint density at radius 2 is 1.89 bits per heavy atom. The van der Waals surface area contributed by atoms with Crippen molar-refractivity contribution in [2.45, 2.75) is 13.8 Å². The first-order valence-corrected chi connectivity index (χ1v) is 6.53. The van der Waals surface area contributed by atoms with Gasteiger partial charge in [-0.25, -0.2) is 0 Å². The molecule has 0 saturated carbocycles. The third-order valence-electron chi connectivity index (χ3n) is 3.37. The number of nitrogens with zero attached hydrogens (tertiary/aromatic N) is 1. The van der Waals surface area contributed by atoms with Crippen LogP contribution in [0, 0.1) is 0 Å². The number of Topliss-reactive ketones (excluding diaryl/α,β-unsaturated/α-hetero) is 1. The predicted molar refractivity (Wildman–Crippen MR) is 74.1 cm³/mol. The maximum absolute atomic E-state index is 12.3. The summed E-state index contributed by atoms with van der Waals surface area (Å²) in [5.74, 6) is -0.842. The Kier molecular flexibility index (Phi) is 4.16. The fraction of sp³-hybridized carbons (Fsp3) is 0.429. The molecule has 1 aromatic rings. The number of aromatic amines is 1. The normalized spacial score (nSPS) is 17.9. The third-order valence-corrected chi connectivity index (χ3v) is 3.37. The smallest absolute Gasteiger partial charge is 0.295 e. The van der Waals surface area contributed by atoms with Crippen molar-refractivity contribution in [3.63, 3.8) is 0 Å². The van der Waals surface area contributed by atoms with Crippen LogP contribution in [0.1, 0.15) is 24.2 Å². The zero-order valence-electron chi connectivity index (χ0n) is 11.3. The molecule has 5 nitrogen and oxygen atoms in total. The summed E-state index contributed by atoms with van der Waals surface area (Å²) in [7, 11) is 0. The van der Waals surface area contributed by atoms with E-state index < -0.39 is 11.7 Å². The van der Waals surface area contributed by atoms with Gasteiger partial charge in [0.25, 0.3) is 11.7 Å². The van der Waals surface area contributed by atoms with E-state index in [0.717, 1.165) is 23.7 Å². The Hall–Kier alpha value is -1.88. The highest BCUT2D eigenvalue weighted by molar-refractivity contribution is 6.42. The van der Waals surface area contributed by atoms with Crippen LogP contribution < -0.4 is 15.9 Å². The van der Waals surface area contributed by atoms with Crippen molar-refractivity contribution in [2.24, 2.45) is 0 Å². The second-order valence-electron chi connectivity index (χ2n) is 4.48. The van der Waals surface area contributed by atoms with Crippen LogP contribution in [0.5, 0.6) is 0 Å². The molecular weight excluding hydrogens is 242 g/mol. The molecule has 0 spiro atoms. The lowest BCUT2D eigenvalue weighted by Crippen LogP contribution is -2.49. The van der Waals surface area contributed by atoms with Crippen LogP contribution in [0.2, 0.25) is 0 Å². The van der Waals surface area contributed by atoms with Crippen LogP contribution in [0.3, 0.4) is 0 Å². The number of hydrogen-bond acceptors (Lipinski definition) is 3. The van der Waals surface area contributed by atoms with E-state index in [2.05, 4.69) is 10.3 Å². The summed E-state index contributed by atoms with van der Waals surface area (Å²) in [6, 6.07) is 0. The number of nitrogens with one attached hydrogen (secondary N) is 2. The Morgan fingerprint density at radius 1 is 1.21 bits per heavy atom. The lowest BCUT2D eigenvalue weighted by molar-refractivity contribution is -0.127. The first-order chi connectivity index (χ1) is 9.19. The zero-order valence-corrected chi connectivity index (χ0v) is 11.3. The number of amides is 1. The molecule has 102 valence electrons. The molecular formula is C14H19N3O2. The first kappa shape index (κ1) is 13.5. The average molecular weight is 261 g/mol. The zero-order chi connectivity index (χ0) is 13.8. The van der Waals surface area contributed by atoms with Gasteiger partial charge in [0.05, 0.1) is 5.56 Å². The highest BCUT2D eigenvalue weighted by Gasteiger charge is 2.25. The summed E-state index contributed by atoms with van der Waals surface area (Å²) in [4.78, 5) is 29.1. The van der Waals surface area contributed by atoms with E-state index in [0.29, 0.717) is 18.7 Å². The molecule has 1 saturated heterocycles. The van der Waals surface area contributed by atoms with Gasteiger partial charge in [-0.2, -0.15) is 0 Å². The molecule has 5 heteroatoms. The van der Waals surface area contributed by atoms with Crippen LogP contribution in [0.15, 0.2) is 6.20 Å². The van der Waals surface area contributed by atoms with Crippen molar-refractivity contribution >= 4 is 23.8 Å². The number of rotatable bonds is 2. The summed E-state index contributed by atoms with van der Waals surface area (Å²) in [6.45, 7) is 6.42. The van der Waals surface area contributed by atoms with Crippen molar-refractivity contribution in [1.29, 1.82) is 0 Å². The van der Waals surface area contributed by atoms with E-state index in [9.17, 15) is 9.59 Å². The number of piperazine rings is 1. The first-order valence-electron chi connectivity index (χ1n) is 6.53. The molecule has 1 aliphatic rings. The van der Waals surface area contributed by atoms with Gasteiger partial charge in [0.15, 0.2) is 0 Å². The van der Waals surface area contributed by atoms with Crippen LogP contribution in [0.25, 0.3) is 12.2 Å². The number of hydrogen-bond donors (Lipinski definition) is 2. The van der Waals surface area contributed by atoms with Gasteiger partial charge in [0.2, 0.25) is 0 Å². The number of aromatic nitrogens is 1. The van der Waals surface area contributed by atoms with Gasteiger partial charge in [-0.15, -0.1) is 0 Å². The fourth-order valence-electron chi connectivity index (χ4n) is 2.31. The van der Waals surface area contributed by atoms with Crippen molar-refractivity contribution in [3.8, 4) is 0 Å². The predicted octanol–water partition coefficient (Wildman–Crippen LogP) is -0.770. The van der Waals surface area contributed by atoms with Crippen molar-refractivity contribution < 1.29 is 9.59 Å². The van der Waals surface area contributed by atoms with Gasteiger partial charge >= 0.3 is 0 Å². The number of H-pyrrole nitrogens is 1. The Balaban J connectivity index is 2.29. The molecule has 0 radical (unpaired) electrons. The quantitative estimate of drug-likeness (QED) is 0.543. The molecule has 0 aliphatic carbocycles. The number of carbonyl (C=O) groups is 2. The molecule has 0 bridgehead atoms. The highest BCUT2D eigenvalue weighted by atomic mass is 16.2. The largest absolute Gasteiger partial charge is 0.361 e. The molecule has 1 fully saturated rings. The molecule has 1 amide bonds. The summed E-state index contributed by atoms with van der Waals surface area (Å²) in [6.07, 6.45) is 5.36. The molecule has 19 heavy (non-hydrogen) atoms. The molecule has 2 heterocycles. The topological polar surface area (TPSA) is 65.2 Å². The van der Waals surface area contributed by atoms with E-state index in [1.807, 2.05) is 26.0 Å². The maximum Gasteiger partial charge on any atom is 0.295 e. The Morgan fingerprint density at radius 3 is 2.47 bits per heavy atom. The van der Waals surface area contributed by atoms with Gasteiger partial charge in [0.1, 0.15) is 0 Å². The highest BCUT2D eigenvalue weighted by Crippen LogP contribution is 1.99. The molecule has 1 aromatic heterocycles. The van der Waals surface area contributed by atoms with Crippen molar-refractivity contribution in [1.82, 2.24) is 15.2 Å². The summed E-state index contributed by atoms with van der Waals surface area (Å²) in [5.41, 5.74) is 0.458. The van der Waals surface area contributed by atoms with E-state index in [-0.39, 0.29) is 0 Å². The van der Waals surface area contributed by atoms with Crippen molar-refractivity contribution in [3.05, 3.63) is 22.3 Å². The van der Waals surface area contributed by atoms with Gasteiger partial charge in [0, 0.05) is 42.9 Å². The lowest BCUT2D eigenvalue weighted by Gasteiger charge is -2.26. The molecule has 1 aliphatic heterocycles. The SMILES string of the molecule is C/C=c1/c(C(=O)C(=O)N2CCNCC2)c[nH]/c1=C/C. The Labute approximate surface area is 112 Å².